The molecule has 1 atom stereocenters. The summed E-state index contributed by atoms with van der Waals surface area (Å²) in [6.45, 7) is 1.56. The van der Waals surface area contributed by atoms with Crippen molar-refractivity contribution in [2.45, 2.75) is 19.6 Å². The minimum absolute atomic E-state index is 0.0298. The van der Waals surface area contributed by atoms with Crippen molar-refractivity contribution in [2.75, 3.05) is 0 Å². The first kappa shape index (κ1) is 11.4. The highest BCUT2D eigenvalue weighted by atomic mass is 16.4. The Labute approximate surface area is 96.6 Å². The van der Waals surface area contributed by atoms with E-state index in [1.165, 1.54) is 25.5 Å². The van der Waals surface area contributed by atoms with Gasteiger partial charge in [0.2, 0.25) is 5.89 Å². The zero-order valence-electron chi connectivity index (χ0n) is 9.15. The highest BCUT2D eigenvalue weighted by Crippen LogP contribution is 2.20. The van der Waals surface area contributed by atoms with Crippen molar-refractivity contribution < 1.29 is 19.0 Å². The molecular weight excluding hydrogens is 226 g/mol. The van der Waals surface area contributed by atoms with E-state index in [1.807, 2.05) is 0 Å². The normalized spacial score (nSPS) is 18.5. The van der Waals surface area contributed by atoms with Gasteiger partial charge in [-0.2, -0.15) is 0 Å². The first-order valence-electron chi connectivity index (χ1n) is 4.94. The van der Waals surface area contributed by atoms with Crippen LogP contribution in [-0.4, -0.2) is 33.3 Å². The van der Waals surface area contributed by atoms with Crippen LogP contribution in [0, 0.1) is 0 Å². The number of urea groups is 1. The Hall–Kier alpha value is -2.06. The molecule has 0 saturated heterocycles. The van der Waals surface area contributed by atoms with Gasteiger partial charge in [-0.15, -0.1) is 0 Å². The van der Waals surface area contributed by atoms with Gasteiger partial charge < -0.3 is 15.3 Å². The van der Waals surface area contributed by atoms with Gasteiger partial charge in [-0.3, -0.25) is 0 Å². The van der Waals surface area contributed by atoms with Gasteiger partial charge >= 0.3 is 6.03 Å². The third-order valence-electron chi connectivity index (χ3n) is 2.24. The van der Waals surface area contributed by atoms with Crippen LogP contribution in [0.1, 0.15) is 24.7 Å². The Balaban J connectivity index is 2.22. The van der Waals surface area contributed by atoms with Crippen LogP contribution in [0.25, 0.3) is 0 Å². The summed E-state index contributed by atoms with van der Waals surface area (Å²) in [4.78, 5) is 15.2. The van der Waals surface area contributed by atoms with E-state index in [9.17, 15) is 9.90 Å². The number of aliphatic hydroxyl groups is 1. The molecule has 0 aromatic carbocycles. The minimum atomic E-state index is -0.809. The molecule has 17 heavy (non-hydrogen) atoms. The molecule has 8 nitrogen and oxygen atoms in total. The van der Waals surface area contributed by atoms with Gasteiger partial charge in [0, 0.05) is 4.70 Å². The molecule has 2 rings (SSSR count). The number of oxazole rings is 1. The lowest BCUT2D eigenvalue weighted by Crippen LogP contribution is -2.45. The summed E-state index contributed by atoms with van der Waals surface area (Å²) in [6, 6.07) is -0.718. The largest absolute Gasteiger partial charge is 0.468 e. The average Bonchev–Trinajstić information content (AvgIpc) is 2.88. The van der Waals surface area contributed by atoms with Crippen LogP contribution >= 0.6 is 0 Å². The van der Waals surface area contributed by atoms with Gasteiger partial charge in [0.25, 0.3) is 0 Å². The molecule has 0 fully saturated rings. The van der Waals surface area contributed by atoms with Crippen molar-refractivity contribution in [3.05, 3.63) is 17.8 Å². The summed E-state index contributed by atoms with van der Waals surface area (Å²) in [5.41, 5.74) is 5.24. The highest BCUT2D eigenvalue weighted by Gasteiger charge is 2.39. The summed E-state index contributed by atoms with van der Waals surface area (Å²) >= 11 is 0. The van der Waals surface area contributed by atoms with Gasteiger partial charge in [0.05, 0.1) is 6.20 Å². The van der Waals surface area contributed by atoms with Crippen molar-refractivity contribution in [1.29, 1.82) is 0 Å². The van der Waals surface area contributed by atoms with E-state index in [4.69, 9.17) is 10.2 Å². The lowest BCUT2D eigenvalue weighted by atomic mass is 10.4. The molecular formula is C9H12N5O3+. The lowest BCUT2D eigenvalue weighted by molar-refractivity contribution is -0.874. The van der Waals surface area contributed by atoms with Crippen LogP contribution in [0.2, 0.25) is 0 Å². The average molecular weight is 238 g/mol. The molecule has 1 unspecified atom stereocenters. The van der Waals surface area contributed by atoms with Crippen molar-refractivity contribution >= 4 is 18.5 Å². The topological polar surface area (TPSA) is 114 Å². The number of carbonyl (C=O) groups is 1. The quantitative estimate of drug-likeness (QED) is 0.727. The number of amides is 2. The molecule has 0 bridgehead atoms. The van der Waals surface area contributed by atoms with Crippen LogP contribution in [-0.2, 0) is 6.54 Å². The number of rotatable bonds is 3. The van der Waals surface area contributed by atoms with Gasteiger partial charge in [-0.25, -0.2) is 9.78 Å². The van der Waals surface area contributed by atoms with Crippen molar-refractivity contribution in [2.24, 2.45) is 15.9 Å². The van der Waals surface area contributed by atoms with Crippen LogP contribution < -0.4 is 5.73 Å². The molecule has 0 aliphatic carbocycles. The van der Waals surface area contributed by atoms with Gasteiger partial charge in [0.1, 0.15) is 18.5 Å². The SMILES string of the molecule is CC(O)c1ncc(C[N+]2(C(N)=O)N=CC=N2)o1. The lowest BCUT2D eigenvalue weighted by Gasteiger charge is -2.15. The Kier molecular flexibility index (Phi) is 2.74. The number of aromatic nitrogens is 1. The molecule has 8 heteroatoms. The fraction of sp³-hybridized carbons (Fsp3) is 0.333. The maximum atomic E-state index is 11.3. The second-order valence-electron chi connectivity index (χ2n) is 3.60. The Morgan fingerprint density at radius 3 is 2.71 bits per heavy atom. The van der Waals surface area contributed by atoms with Gasteiger partial charge in [0.15, 0.2) is 12.3 Å². The highest BCUT2D eigenvalue weighted by molar-refractivity contribution is 6.16. The van der Waals surface area contributed by atoms with E-state index in [1.54, 1.807) is 0 Å². The first-order valence-corrected chi connectivity index (χ1v) is 4.94. The van der Waals surface area contributed by atoms with Crippen molar-refractivity contribution in [1.82, 2.24) is 4.98 Å². The number of quaternary nitrogens is 1. The van der Waals surface area contributed by atoms with E-state index in [0.717, 1.165) is 0 Å². The van der Waals surface area contributed by atoms with Crippen molar-refractivity contribution in [3.63, 3.8) is 0 Å². The zero-order valence-corrected chi connectivity index (χ0v) is 9.15. The standard InChI is InChI=1S/C9H11N5O3/c1-6(15)8-11-4-7(17-8)5-14(9(10)16)12-2-3-13-14/h2-4,6,15H,5H2,1H3,(H-,10,16)/p+1. The molecule has 2 amide bonds. The minimum Gasteiger partial charge on any atom is -0.437 e. The van der Waals surface area contributed by atoms with E-state index in [2.05, 4.69) is 15.2 Å². The predicted molar refractivity (Wildman–Crippen MR) is 57.7 cm³/mol. The van der Waals surface area contributed by atoms with Gasteiger partial charge in [-0.05, 0) is 17.1 Å². The zero-order chi connectivity index (χ0) is 12.5. The van der Waals surface area contributed by atoms with E-state index in [-0.39, 0.29) is 12.4 Å². The molecule has 3 N–H and O–H groups in total. The summed E-state index contributed by atoms with van der Waals surface area (Å²) in [5, 5.41) is 17.0. The number of nitrogens with two attached hydrogens (primary N) is 1. The molecule has 90 valence electrons. The number of carbonyl (C=O) groups excluding carboxylic acids is 1. The number of nitrogens with zero attached hydrogens (tertiary/aromatic N) is 4. The number of aliphatic hydroxyl groups excluding tert-OH is 1. The predicted octanol–water partition coefficient (Wildman–Crippen LogP) is 0.109. The summed E-state index contributed by atoms with van der Waals surface area (Å²) in [5.74, 6) is 0.547. The molecule has 1 aliphatic heterocycles. The molecule has 1 aromatic rings. The monoisotopic (exact) mass is 238 g/mol. The Morgan fingerprint density at radius 2 is 2.24 bits per heavy atom. The fourth-order valence-corrected chi connectivity index (χ4v) is 1.39. The van der Waals surface area contributed by atoms with Gasteiger partial charge in [-0.1, -0.05) is 0 Å². The van der Waals surface area contributed by atoms with Crippen LogP contribution in [0.4, 0.5) is 4.79 Å². The van der Waals surface area contributed by atoms with Crippen molar-refractivity contribution in [3.8, 4) is 0 Å². The summed E-state index contributed by atoms with van der Waals surface area (Å²) < 4.78 is 4.62. The maximum absolute atomic E-state index is 11.3. The van der Waals surface area contributed by atoms with Crippen LogP contribution in [0.3, 0.4) is 0 Å². The molecule has 0 saturated carbocycles. The number of hydrogen-bond donors (Lipinski definition) is 2. The van der Waals surface area contributed by atoms with Crippen LogP contribution in [0.15, 0.2) is 20.8 Å². The first-order chi connectivity index (χ1) is 8.03. The molecule has 0 spiro atoms. The number of hydrogen-bond acceptors (Lipinski definition) is 6. The van der Waals surface area contributed by atoms with E-state index in [0.29, 0.717) is 5.76 Å². The second kappa shape index (κ2) is 4.07. The smallest absolute Gasteiger partial charge is 0.437 e. The molecule has 2 heterocycles. The maximum Gasteiger partial charge on any atom is 0.468 e. The van der Waals surface area contributed by atoms with E-state index < -0.39 is 16.8 Å². The number of primary amides is 1. The summed E-state index contributed by atoms with van der Waals surface area (Å²) in [6.07, 6.45) is 3.37. The Bertz CT molecular complexity index is 479. The molecule has 1 aromatic heterocycles. The van der Waals surface area contributed by atoms with E-state index >= 15 is 0 Å². The third kappa shape index (κ3) is 2.08. The van der Waals surface area contributed by atoms with Crippen LogP contribution in [0.5, 0.6) is 0 Å². The molecule has 0 radical (unpaired) electrons. The second-order valence-corrected chi connectivity index (χ2v) is 3.60. The molecule has 1 aliphatic rings. The third-order valence-corrected chi connectivity index (χ3v) is 2.24. The Morgan fingerprint density at radius 1 is 1.59 bits per heavy atom. The summed E-state index contributed by atoms with van der Waals surface area (Å²) in [7, 11) is 0. The fourth-order valence-electron chi connectivity index (χ4n) is 1.39.